The van der Waals surface area contributed by atoms with Crippen LogP contribution in [0.25, 0.3) is 0 Å². The minimum Gasteiger partial charge on any atom is -0.459 e. The molecule has 7 nitrogen and oxygen atoms in total. The number of halogens is 5. The minimum atomic E-state index is -2.44. The van der Waals surface area contributed by atoms with Crippen LogP contribution in [0.5, 0.6) is 5.75 Å². The van der Waals surface area contributed by atoms with Gasteiger partial charge >= 0.3 is 18.0 Å². The van der Waals surface area contributed by atoms with Crippen molar-refractivity contribution >= 4 is 18.0 Å². The lowest BCUT2D eigenvalue weighted by atomic mass is 10.2. The van der Waals surface area contributed by atoms with Crippen LogP contribution in [0.1, 0.15) is 17.5 Å². The predicted octanol–water partition coefficient (Wildman–Crippen LogP) is 4.72. The van der Waals surface area contributed by atoms with Gasteiger partial charge in [-0.3, -0.25) is 4.79 Å². The molecule has 0 spiro atoms. The van der Waals surface area contributed by atoms with Gasteiger partial charge in [0, 0.05) is 0 Å². The number of esters is 2. The largest absolute Gasteiger partial charge is 0.459 e. The van der Waals surface area contributed by atoms with Crippen molar-refractivity contribution in [2.24, 2.45) is 0 Å². The van der Waals surface area contributed by atoms with Gasteiger partial charge in [-0.25, -0.2) is 22.8 Å². The fraction of sp³-hybridized carbons (Fsp3) is 0.160. The highest BCUT2D eigenvalue weighted by Gasteiger charge is 2.31. The van der Waals surface area contributed by atoms with Crippen molar-refractivity contribution in [1.82, 2.24) is 5.32 Å². The number of carbonyl (C=O) groups is 3. The van der Waals surface area contributed by atoms with Gasteiger partial charge in [0.25, 0.3) is 0 Å². The normalized spacial score (nSPS) is 11.4. The average Bonchev–Trinajstić information content (AvgIpc) is 2.91. The Morgan fingerprint density at radius 2 is 1.14 bits per heavy atom. The number of ether oxygens (including phenoxy) is 3. The Morgan fingerprint density at radius 1 is 0.676 bits per heavy atom. The van der Waals surface area contributed by atoms with Crippen LogP contribution in [0.15, 0.2) is 60.7 Å². The molecule has 0 heterocycles. The molecule has 0 saturated carbocycles. The number of rotatable bonds is 9. The van der Waals surface area contributed by atoms with Gasteiger partial charge in [-0.15, -0.1) is 0 Å². The van der Waals surface area contributed by atoms with Gasteiger partial charge in [0.05, 0.1) is 6.42 Å². The van der Waals surface area contributed by atoms with Crippen LogP contribution in [0.2, 0.25) is 0 Å². The Balaban J connectivity index is 1.71. The van der Waals surface area contributed by atoms with Crippen LogP contribution in [-0.2, 0) is 32.3 Å². The molecule has 3 aromatic rings. The second-order valence-corrected chi connectivity index (χ2v) is 7.43. The van der Waals surface area contributed by atoms with Crippen molar-refractivity contribution < 1.29 is 50.5 Å². The molecule has 0 aliphatic rings. The molecular weight excluding hydrogens is 505 g/mol. The number of hydrogen-bond donors (Lipinski definition) is 1. The van der Waals surface area contributed by atoms with Crippen molar-refractivity contribution in [3.05, 3.63) is 101 Å². The number of amides is 1. The first-order valence-corrected chi connectivity index (χ1v) is 10.6. The van der Waals surface area contributed by atoms with Gasteiger partial charge in [-0.1, -0.05) is 60.7 Å². The summed E-state index contributed by atoms with van der Waals surface area (Å²) in [4.78, 5) is 37.1. The van der Waals surface area contributed by atoms with Gasteiger partial charge in [-0.2, -0.15) is 8.78 Å². The lowest BCUT2D eigenvalue weighted by Gasteiger charge is -2.17. The maximum Gasteiger partial charge on any atom is 0.408 e. The highest BCUT2D eigenvalue weighted by atomic mass is 19.2. The van der Waals surface area contributed by atoms with E-state index in [2.05, 4.69) is 10.1 Å². The van der Waals surface area contributed by atoms with Crippen molar-refractivity contribution in [1.29, 1.82) is 0 Å². The van der Waals surface area contributed by atoms with E-state index in [0.29, 0.717) is 11.1 Å². The molecule has 12 heteroatoms. The molecule has 0 aliphatic heterocycles. The van der Waals surface area contributed by atoms with Gasteiger partial charge in [-0.05, 0) is 11.1 Å². The molecule has 0 radical (unpaired) electrons. The van der Waals surface area contributed by atoms with Crippen molar-refractivity contribution in [2.45, 2.75) is 25.7 Å². The average molecular weight is 523 g/mol. The quantitative estimate of drug-likeness (QED) is 0.144. The van der Waals surface area contributed by atoms with Crippen molar-refractivity contribution in [2.75, 3.05) is 0 Å². The molecule has 194 valence electrons. The van der Waals surface area contributed by atoms with Crippen LogP contribution < -0.4 is 10.1 Å². The second kappa shape index (κ2) is 12.5. The maximum atomic E-state index is 13.9. The van der Waals surface area contributed by atoms with Gasteiger partial charge < -0.3 is 19.5 Å². The highest BCUT2D eigenvalue weighted by Crippen LogP contribution is 2.29. The Morgan fingerprint density at radius 3 is 1.65 bits per heavy atom. The Labute approximate surface area is 206 Å². The number of hydrogen-bond acceptors (Lipinski definition) is 6. The van der Waals surface area contributed by atoms with E-state index in [1.807, 2.05) is 0 Å². The molecule has 1 amide bonds. The van der Waals surface area contributed by atoms with E-state index >= 15 is 0 Å². The summed E-state index contributed by atoms with van der Waals surface area (Å²) in [5.74, 6) is -16.5. The van der Waals surface area contributed by atoms with E-state index in [9.17, 15) is 36.3 Å². The molecule has 0 unspecified atom stereocenters. The third-order valence-corrected chi connectivity index (χ3v) is 4.77. The molecule has 3 aromatic carbocycles. The summed E-state index contributed by atoms with van der Waals surface area (Å²) in [5.41, 5.74) is 1.16. The topological polar surface area (TPSA) is 90.9 Å². The standard InChI is InChI=1S/C25H18F5NO6/c26-18-19(27)21(29)23(22(30)20(18)28)37-17(32)11-16(24(33)35-12-14-7-3-1-4-8-14)31-25(34)36-13-15-9-5-2-6-10-15/h1-10,16H,11-13H2,(H,31,34)/t16-/m0/s1. The summed E-state index contributed by atoms with van der Waals surface area (Å²) in [6.45, 7) is -0.461. The van der Waals surface area contributed by atoms with Crippen LogP contribution in [0.4, 0.5) is 26.7 Å². The first-order chi connectivity index (χ1) is 17.7. The van der Waals surface area contributed by atoms with E-state index in [1.54, 1.807) is 60.7 Å². The van der Waals surface area contributed by atoms with Crippen LogP contribution in [0.3, 0.4) is 0 Å². The SMILES string of the molecule is O=C(C[C@H](NC(=O)OCc1ccccc1)C(=O)OCc1ccccc1)Oc1c(F)c(F)c(F)c(F)c1F. The zero-order valence-corrected chi connectivity index (χ0v) is 18.8. The third-order valence-electron chi connectivity index (χ3n) is 4.77. The Hall–Kier alpha value is -4.48. The molecule has 0 fully saturated rings. The lowest BCUT2D eigenvalue weighted by molar-refractivity contribution is -0.150. The maximum absolute atomic E-state index is 13.9. The monoisotopic (exact) mass is 523 g/mol. The van der Waals surface area contributed by atoms with E-state index < -0.39 is 65.3 Å². The summed E-state index contributed by atoms with van der Waals surface area (Å²) < 4.78 is 82.1. The molecular formula is C25H18F5NO6. The number of nitrogens with one attached hydrogen (secondary N) is 1. The highest BCUT2D eigenvalue weighted by molar-refractivity contribution is 5.86. The number of alkyl carbamates (subject to hydrolysis) is 1. The van der Waals surface area contributed by atoms with Crippen molar-refractivity contribution in [3.8, 4) is 5.75 Å². The van der Waals surface area contributed by atoms with E-state index in [1.165, 1.54) is 0 Å². The second-order valence-electron chi connectivity index (χ2n) is 7.43. The van der Waals surface area contributed by atoms with E-state index in [-0.39, 0.29) is 13.2 Å². The van der Waals surface area contributed by atoms with Crippen molar-refractivity contribution in [3.63, 3.8) is 0 Å². The molecule has 0 aromatic heterocycles. The molecule has 1 atom stereocenters. The summed E-state index contributed by atoms with van der Waals surface area (Å²) in [6.07, 6.45) is -2.25. The van der Waals surface area contributed by atoms with Crippen LogP contribution in [0, 0.1) is 29.1 Å². The summed E-state index contributed by atoms with van der Waals surface area (Å²) >= 11 is 0. The minimum absolute atomic E-state index is 0.201. The molecule has 1 N–H and O–H groups in total. The van der Waals surface area contributed by atoms with Crippen LogP contribution in [-0.4, -0.2) is 24.1 Å². The molecule has 3 rings (SSSR count). The van der Waals surface area contributed by atoms with Gasteiger partial charge in [0.1, 0.15) is 19.3 Å². The number of benzene rings is 3. The fourth-order valence-electron chi connectivity index (χ4n) is 2.93. The zero-order valence-electron chi connectivity index (χ0n) is 18.8. The van der Waals surface area contributed by atoms with E-state index in [4.69, 9.17) is 9.47 Å². The summed E-state index contributed by atoms with van der Waals surface area (Å²) in [6, 6.07) is 14.9. The number of carbonyl (C=O) groups excluding carboxylic acids is 3. The zero-order chi connectivity index (χ0) is 26.9. The molecule has 0 bridgehead atoms. The van der Waals surface area contributed by atoms with E-state index in [0.717, 1.165) is 0 Å². The lowest BCUT2D eigenvalue weighted by Crippen LogP contribution is -2.44. The first kappa shape index (κ1) is 27.1. The molecule has 0 saturated heterocycles. The molecule has 37 heavy (non-hydrogen) atoms. The Kier molecular flexibility index (Phi) is 9.14. The summed E-state index contributed by atoms with van der Waals surface area (Å²) in [7, 11) is 0. The smallest absolute Gasteiger partial charge is 0.408 e. The third kappa shape index (κ3) is 7.26. The first-order valence-electron chi connectivity index (χ1n) is 10.6. The van der Waals surface area contributed by atoms with Gasteiger partial charge in [0.15, 0.2) is 0 Å². The molecule has 0 aliphatic carbocycles. The van der Waals surface area contributed by atoms with Crippen LogP contribution >= 0.6 is 0 Å². The fourth-order valence-corrected chi connectivity index (χ4v) is 2.93. The van der Waals surface area contributed by atoms with Gasteiger partial charge in [0.2, 0.25) is 34.8 Å². The predicted molar refractivity (Wildman–Crippen MR) is 116 cm³/mol. The summed E-state index contributed by atoms with van der Waals surface area (Å²) in [5, 5.41) is 2.07. The Bertz CT molecular complexity index is 1240.